The Bertz CT molecular complexity index is 460. The molecule has 6 heteroatoms. The van der Waals surface area contributed by atoms with Crippen molar-refractivity contribution in [2.24, 2.45) is 5.73 Å². The first-order chi connectivity index (χ1) is 8.01. The number of nitrogens with two attached hydrogens (primary N) is 1. The number of nitrogens with one attached hydrogen (secondary N) is 1. The van der Waals surface area contributed by atoms with Crippen LogP contribution in [0.5, 0.6) is 0 Å². The monoisotopic (exact) mass is 258 g/mol. The Morgan fingerprint density at radius 2 is 2.06 bits per heavy atom. The maximum atomic E-state index is 11.8. The Morgan fingerprint density at radius 3 is 2.65 bits per heavy atom. The molecule has 1 aromatic carbocycles. The van der Waals surface area contributed by atoms with Gasteiger partial charge in [-0.25, -0.2) is 13.1 Å². The van der Waals surface area contributed by atoms with Crippen LogP contribution in [-0.4, -0.2) is 35.2 Å². The summed E-state index contributed by atoms with van der Waals surface area (Å²) in [5, 5.41) is 0. The topological polar surface area (TPSA) is 81.4 Å². The zero-order valence-corrected chi connectivity index (χ0v) is 10.8. The van der Waals surface area contributed by atoms with Crippen molar-refractivity contribution in [2.45, 2.75) is 17.4 Å². The van der Waals surface area contributed by atoms with E-state index >= 15 is 0 Å². The average molecular weight is 258 g/mol. The molecule has 1 unspecified atom stereocenters. The van der Waals surface area contributed by atoms with Crippen LogP contribution in [0.25, 0.3) is 0 Å². The van der Waals surface area contributed by atoms with Crippen LogP contribution in [-0.2, 0) is 21.2 Å². The van der Waals surface area contributed by atoms with Crippen molar-refractivity contribution in [1.29, 1.82) is 0 Å². The van der Waals surface area contributed by atoms with Gasteiger partial charge in [-0.15, -0.1) is 0 Å². The summed E-state index contributed by atoms with van der Waals surface area (Å²) in [6.45, 7) is 0.397. The maximum Gasteiger partial charge on any atom is 0.240 e. The largest absolute Gasteiger partial charge is 0.383 e. The van der Waals surface area contributed by atoms with Crippen molar-refractivity contribution >= 4 is 10.0 Å². The number of benzene rings is 1. The van der Waals surface area contributed by atoms with Gasteiger partial charge in [-0.05, 0) is 25.1 Å². The highest BCUT2D eigenvalue weighted by Crippen LogP contribution is 2.16. The predicted molar refractivity (Wildman–Crippen MR) is 66.2 cm³/mol. The van der Waals surface area contributed by atoms with Crippen LogP contribution in [0, 0.1) is 0 Å². The molecule has 0 aliphatic heterocycles. The first kappa shape index (κ1) is 14.1. The number of sulfonamides is 1. The molecular weight excluding hydrogens is 240 g/mol. The molecule has 17 heavy (non-hydrogen) atoms. The van der Waals surface area contributed by atoms with E-state index in [9.17, 15) is 8.42 Å². The summed E-state index contributed by atoms with van der Waals surface area (Å²) < 4.78 is 30.8. The molecule has 1 aromatic rings. The van der Waals surface area contributed by atoms with Crippen LogP contribution >= 0.6 is 0 Å². The highest BCUT2D eigenvalue weighted by atomic mass is 32.2. The zero-order chi connectivity index (χ0) is 12.9. The van der Waals surface area contributed by atoms with Crippen molar-refractivity contribution in [3.63, 3.8) is 0 Å². The number of hydrogen-bond donors (Lipinski definition) is 2. The van der Waals surface area contributed by atoms with E-state index in [-0.39, 0.29) is 10.9 Å². The molecule has 1 atom stereocenters. The minimum atomic E-state index is -3.44. The van der Waals surface area contributed by atoms with Gasteiger partial charge in [0.25, 0.3) is 0 Å². The summed E-state index contributed by atoms with van der Waals surface area (Å²) in [6, 6.07) is 6.60. The molecule has 0 amide bonds. The van der Waals surface area contributed by atoms with Gasteiger partial charge in [-0.3, -0.25) is 0 Å². The number of rotatable bonds is 6. The normalized spacial score (nSPS) is 13.6. The number of methoxy groups -OCH3 is 1. The fourth-order valence-electron chi connectivity index (χ4n) is 1.60. The Morgan fingerprint density at radius 1 is 1.41 bits per heavy atom. The van der Waals surface area contributed by atoms with Gasteiger partial charge in [0.05, 0.1) is 11.5 Å². The second kappa shape index (κ2) is 6.11. The Balaban J connectivity index is 3.01. The summed E-state index contributed by atoms with van der Waals surface area (Å²) in [5.74, 6) is 0. The van der Waals surface area contributed by atoms with Gasteiger partial charge in [-0.1, -0.05) is 18.2 Å². The molecule has 0 aliphatic carbocycles. The van der Waals surface area contributed by atoms with Gasteiger partial charge in [0.1, 0.15) is 0 Å². The third-order valence-corrected chi connectivity index (χ3v) is 3.91. The summed E-state index contributed by atoms with van der Waals surface area (Å²) in [4.78, 5) is 0.272. The fourth-order valence-corrected chi connectivity index (χ4v) is 2.57. The minimum Gasteiger partial charge on any atom is -0.383 e. The molecule has 0 spiro atoms. The van der Waals surface area contributed by atoms with Crippen LogP contribution in [0.2, 0.25) is 0 Å². The molecule has 0 heterocycles. The lowest BCUT2D eigenvalue weighted by molar-refractivity contribution is 0.180. The molecule has 0 saturated heterocycles. The van der Waals surface area contributed by atoms with Crippen LogP contribution in [0.15, 0.2) is 29.2 Å². The van der Waals surface area contributed by atoms with E-state index in [2.05, 4.69) is 4.72 Å². The molecule has 0 aromatic heterocycles. The summed E-state index contributed by atoms with van der Waals surface area (Å²) in [5.41, 5.74) is 6.53. The summed E-state index contributed by atoms with van der Waals surface area (Å²) in [7, 11) is -0.480. The third-order valence-electron chi connectivity index (χ3n) is 2.39. The van der Waals surface area contributed by atoms with Gasteiger partial charge < -0.3 is 10.5 Å². The van der Waals surface area contributed by atoms with E-state index in [4.69, 9.17) is 10.5 Å². The van der Waals surface area contributed by atoms with Gasteiger partial charge in [-0.2, -0.15) is 0 Å². The second-order valence-electron chi connectivity index (χ2n) is 3.73. The molecule has 5 nitrogen and oxygen atoms in total. The Labute approximate surface area is 102 Å². The molecule has 1 rings (SSSR count). The van der Waals surface area contributed by atoms with Gasteiger partial charge in [0.15, 0.2) is 0 Å². The first-order valence-electron chi connectivity index (χ1n) is 5.27. The van der Waals surface area contributed by atoms with E-state index in [0.29, 0.717) is 18.6 Å². The lowest BCUT2D eigenvalue weighted by Crippen LogP contribution is -2.29. The standard InChI is InChI=1S/C11H18N2O3S/c1-13-17(14,15)11-6-4-3-5-9(11)7-10(12)8-16-2/h3-6,10,13H,7-8,12H2,1-2H3. The Hall–Kier alpha value is -0.950. The predicted octanol–water partition coefficient (Wildman–Crippen LogP) is 0.111. The number of ether oxygens (including phenoxy) is 1. The molecule has 0 radical (unpaired) electrons. The van der Waals surface area contributed by atoms with Gasteiger partial charge >= 0.3 is 0 Å². The van der Waals surface area contributed by atoms with E-state index in [1.54, 1.807) is 31.4 Å². The van der Waals surface area contributed by atoms with Crippen molar-refractivity contribution in [2.75, 3.05) is 20.8 Å². The lowest BCUT2D eigenvalue weighted by Gasteiger charge is -2.13. The van der Waals surface area contributed by atoms with Crippen LogP contribution < -0.4 is 10.5 Å². The smallest absolute Gasteiger partial charge is 0.240 e. The minimum absolute atomic E-state index is 0.215. The molecule has 96 valence electrons. The molecule has 0 bridgehead atoms. The van der Waals surface area contributed by atoms with E-state index < -0.39 is 10.0 Å². The third kappa shape index (κ3) is 3.78. The number of hydrogen-bond acceptors (Lipinski definition) is 4. The lowest BCUT2D eigenvalue weighted by atomic mass is 10.1. The highest BCUT2D eigenvalue weighted by molar-refractivity contribution is 7.89. The summed E-state index contributed by atoms with van der Waals surface area (Å²) >= 11 is 0. The van der Waals surface area contributed by atoms with Crippen LogP contribution in [0.3, 0.4) is 0 Å². The maximum absolute atomic E-state index is 11.8. The summed E-state index contributed by atoms with van der Waals surface area (Å²) in [6.07, 6.45) is 0.463. The average Bonchev–Trinajstić information content (AvgIpc) is 2.30. The molecule has 0 aliphatic rings. The molecule has 3 N–H and O–H groups in total. The molecule has 0 saturated carbocycles. The van der Waals surface area contributed by atoms with E-state index in [1.165, 1.54) is 7.05 Å². The van der Waals surface area contributed by atoms with Crippen molar-refractivity contribution < 1.29 is 13.2 Å². The first-order valence-corrected chi connectivity index (χ1v) is 6.75. The van der Waals surface area contributed by atoms with Crippen LogP contribution in [0.4, 0.5) is 0 Å². The van der Waals surface area contributed by atoms with E-state index in [0.717, 1.165) is 0 Å². The van der Waals surface area contributed by atoms with Crippen molar-refractivity contribution in [1.82, 2.24) is 4.72 Å². The highest BCUT2D eigenvalue weighted by Gasteiger charge is 2.17. The second-order valence-corrected chi connectivity index (χ2v) is 5.59. The van der Waals surface area contributed by atoms with Crippen LogP contribution in [0.1, 0.15) is 5.56 Å². The van der Waals surface area contributed by atoms with Crippen molar-refractivity contribution in [3.05, 3.63) is 29.8 Å². The van der Waals surface area contributed by atoms with Gasteiger partial charge in [0, 0.05) is 13.2 Å². The zero-order valence-electron chi connectivity index (χ0n) is 10.0. The molecular formula is C11H18N2O3S. The van der Waals surface area contributed by atoms with Crippen molar-refractivity contribution in [3.8, 4) is 0 Å². The van der Waals surface area contributed by atoms with Gasteiger partial charge in [0.2, 0.25) is 10.0 Å². The van der Waals surface area contributed by atoms with E-state index in [1.807, 2.05) is 0 Å². The SMILES string of the molecule is CNS(=O)(=O)c1ccccc1CC(N)COC. The fraction of sp³-hybridized carbons (Fsp3) is 0.455. The molecule has 0 fully saturated rings. The quantitative estimate of drug-likeness (QED) is 0.759. The Kier molecular flexibility index (Phi) is 5.07.